The molecule has 100 valence electrons. The fraction of sp³-hybridized carbons (Fsp3) is 0.750. The minimum Gasteiger partial charge on any atom is -0.548 e. The molecule has 1 heterocycles. The fourth-order valence-electron chi connectivity index (χ4n) is 1.75. The zero-order valence-corrected chi connectivity index (χ0v) is 10.8. The molecule has 1 rings (SSSR count). The number of morpholine rings is 1. The van der Waals surface area contributed by atoms with E-state index in [-0.39, 0.29) is 6.61 Å². The summed E-state index contributed by atoms with van der Waals surface area (Å²) in [5.74, 6) is -1.18. The average molecular weight is 245 g/mol. The molecule has 5 nitrogen and oxygen atoms in total. The van der Waals surface area contributed by atoms with Crippen molar-refractivity contribution >= 4 is 5.97 Å². The van der Waals surface area contributed by atoms with E-state index in [1.165, 1.54) is 18.1 Å². The summed E-state index contributed by atoms with van der Waals surface area (Å²) in [5.41, 5.74) is 0. The number of quaternary nitrogens is 1. The van der Waals surface area contributed by atoms with E-state index in [2.05, 4.69) is 18.2 Å². The van der Waals surface area contributed by atoms with Crippen molar-refractivity contribution in [3.05, 3.63) is 12.7 Å². The monoisotopic (exact) mass is 245 g/mol. The van der Waals surface area contributed by atoms with Crippen LogP contribution in [0.1, 0.15) is 6.92 Å². The van der Waals surface area contributed by atoms with Gasteiger partial charge in [0.1, 0.15) is 13.1 Å². The van der Waals surface area contributed by atoms with Crippen LogP contribution in [0.3, 0.4) is 0 Å². The number of hydrogen-bond acceptors (Lipinski definition) is 4. The van der Waals surface area contributed by atoms with Gasteiger partial charge in [-0.25, -0.2) is 0 Å². The average Bonchev–Trinajstić information content (AvgIpc) is 2.31. The summed E-state index contributed by atoms with van der Waals surface area (Å²) in [5, 5.41) is 9.36. The predicted octanol–water partition coefficient (Wildman–Crippen LogP) is -0.578. The molecule has 5 heteroatoms. The third kappa shape index (κ3) is 7.10. The second-order valence-corrected chi connectivity index (χ2v) is 3.99. The molecule has 17 heavy (non-hydrogen) atoms. The highest BCUT2D eigenvalue weighted by atomic mass is 16.5. The van der Waals surface area contributed by atoms with E-state index in [9.17, 15) is 9.90 Å². The van der Waals surface area contributed by atoms with E-state index in [0.717, 1.165) is 32.8 Å². The smallest absolute Gasteiger partial charge is 0.103 e. The number of carbonyl (C=O) groups excluding carboxylic acids is 1. The van der Waals surface area contributed by atoms with E-state index in [1.807, 2.05) is 6.08 Å². The van der Waals surface area contributed by atoms with Crippen molar-refractivity contribution in [2.24, 2.45) is 0 Å². The molecule has 1 fully saturated rings. The van der Waals surface area contributed by atoms with E-state index in [0.29, 0.717) is 0 Å². The summed E-state index contributed by atoms with van der Waals surface area (Å²) >= 11 is 0. The van der Waals surface area contributed by atoms with Crippen LogP contribution in [0.5, 0.6) is 0 Å². The summed E-state index contributed by atoms with van der Waals surface area (Å²) in [4.78, 5) is 9.36. The van der Waals surface area contributed by atoms with E-state index in [1.54, 1.807) is 0 Å². The van der Waals surface area contributed by atoms with Crippen molar-refractivity contribution in [1.82, 2.24) is 0 Å². The lowest BCUT2D eigenvalue weighted by Gasteiger charge is -2.39. The van der Waals surface area contributed by atoms with Gasteiger partial charge in [0, 0.05) is 7.11 Å². The van der Waals surface area contributed by atoms with Crippen LogP contribution in [0.25, 0.3) is 0 Å². The first-order chi connectivity index (χ1) is 8.10. The van der Waals surface area contributed by atoms with Crippen LogP contribution in [0.15, 0.2) is 12.7 Å². The number of ether oxygens (including phenoxy) is 2. The molecule has 0 aliphatic carbocycles. The number of carbonyl (C=O) groups is 1. The number of hydrogen-bond donors (Lipinski definition) is 0. The fourth-order valence-corrected chi connectivity index (χ4v) is 1.75. The van der Waals surface area contributed by atoms with Crippen molar-refractivity contribution in [2.45, 2.75) is 6.92 Å². The summed E-state index contributed by atoms with van der Waals surface area (Å²) in [6.45, 7) is 12.2. The Morgan fingerprint density at radius 1 is 1.53 bits per heavy atom. The molecule has 1 aliphatic rings. The molecule has 0 aromatic carbocycles. The summed E-state index contributed by atoms with van der Waals surface area (Å²) in [6, 6.07) is 0. The van der Waals surface area contributed by atoms with Crippen LogP contribution in [-0.2, 0) is 14.3 Å². The molecule has 0 saturated carbocycles. The molecule has 0 amide bonds. The first-order valence-corrected chi connectivity index (χ1v) is 5.82. The van der Waals surface area contributed by atoms with E-state index in [4.69, 9.17) is 4.74 Å². The molecule has 0 aromatic heterocycles. The molecule has 0 bridgehead atoms. The number of nitrogens with zero attached hydrogens (tertiary/aromatic N) is 1. The SMILES string of the molecule is C=CC[N+]1(CC)CCOCC1.COCC(=O)[O-]. The van der Waals surface area contributed by atoms with Crippen molar-refractivity contribution in [3.8, 4) is 0 Å². The Bertz CT molecular complexity index is 225. The molecular weight excluding hydrogens is 222 g/mol. The maximum atomic E-state index is 9.36. The largest absolute Gasteiger partial charge is 0.548 e. The second kappa shape index (κ2) is 9.15. The minimum atomic E-state index is -1.18. The van der Waals surface area contributed by atoms with Gasteiger partial charge < -0.3 is 23.9 Å². The van der Waals surface area contributed by atoms with Crippen LogP contribution in [0.4, 0.5) is 0 Å². The zero-order valence-electron chi connectivity index (χ0n) is 10.8. The Morgan fingerprint density at radius 2 is 2.12 bits per heavy atom. The molecule has 0 atom stereocenters. The first kappa shape index (κ1) is 16.1. The molecule has 0 N–H and O–H groups in total. The number of likely N-dealkylation sites (N-methyl/N-ethyl adjacent to an activating group) is 1. The van der Waals surface area contributed by atoms with E-state index < -0.39 is 5.97 Å². The first-order valence-electron chi connectivity index (χ1n) is 5.82. The van der Waals surface area contributed by atoms with Crippen LogP contribution >= 0.6 is 0 Å². The number of carboxylic acids is 1. The van der Waals surface area contributed by atoms with Crippen LogP contribution in [0.2, 0.25) is 0 Å². The Kier molecular flexibility index (Phi) is 8.66. The van der Waals surface area contributed by atoms with Crippen molar-refractivity contribution in [1.29, 1.82) is 0 Å². The third-order valence-corrected chi connectivity index (χ3v) is 2.87. The van der Waals surface area contributed by atoms with Gasteiger partial charge >= 0.3 is 0 Å². The molecule has 1 aliphatic heterocycles. The Balaban J connectivity index is 0.000000366. The van der Waals surface area contributed by atoms with E-state index >= 15 is 0 Å². The van der Waals surface area contributed by atoms with Gasteiger partial charge in [0.15, 0.2) is 0 Å². The van der Waals surface area contributed by atoms with Gasteiger partial charge in [0.2, 0.25) is 0 Å². The van der Waals surface area contributed by atoms with Crippen LogP contribution in [0, 0.1) is 0 Å². The zero-order chi connectivity index (χ0) is 13.1. The molecule has 0 unspecified atom stereocenters. The molecule has 1 saturated heterocycles. The lowest BCUT2D eigenvalue weighted by molar-refractivity contribution is -0.928. The Morgan fingerprint density at radius 3 is 2.41 bits per heavy atom. The van der Waals surface area contributed by atoms with Gasteiger partial charge in [-0.15, -0.1) is 0 Å². The summed E-state index contributed by atoms with van der Waals surface area (Å²) in [6.07, 6.45) is 2.02. The lowest BCUT2D eigenvalue weighted by atomic mass is 10.3. The van der Waals surface area contributed by atoms with Gasteiger partial charge in [-0.2, -0.15) is 0 Å². The normalized spacial score (nSPS) is 17.8. The van der Waals surface area contributed by atoms with Crippen LogP contribution in [-0.4, -0.2) is 63.6 Å². The molecule has 0 spiro atoms. The summed E-state index contributed by atoms with van der Waals surface area (Å²) < 4.78 is 10.6. The highest BCUT2D eigenvalue weighted by Gasteiger charge is 2.26. The van der Waals surface area contributed by atoms with Crippen molar-refractivity contribution in [2.75, 3.05) is 53.1 Å². The maximum Gasteiger partial charge on any atom is 0.103 e. The van der Waals surface area contributed by atoms with Gasteiger partial charge in [-0.3, -0.25) is 0 Å². The molecule has 0 radical (unpaired) electrons. The lowest BCUT2D eigenvalue weighted by Crippen LogP contribution is -2.54. The predicted molar refractivity (Wildman–Crippen MR) is 63.3 cm³/mol. The molecule has 0 aromatic rings. The van der Waals surface area contributed by atoms with Crippen molar-refractivity contribution in [3.63, 3.8) is 0 Å². The Labute approximate surface area is 103 Å². The van der Waals surface area contributed by atoms with Gasteiger partial charge in [0.25, 0.3) is 0 Å². The second-order valence-electron chi connectivity index (χ2n) is 3.99. The third-order valence-electron chi connectivity index (χ3n) is 2.87. The quantitative estimate of drug-likeness (QED) is 0.480. The van der Waals surface area contributed by atoms with Crippen molar-refractivity contribution < 1.29 is 23.9 Å². The highest BCUT2D eigenvalue weighted by molar-refractivity contribution is 5.65. The van der Waals surface area contributed by atoms with Gasteiger partial charge in [-0.1, -0.05) is 6.58 Å². The van der Waals surface area contributed by atoms with Crippen LogP contribution < -0.4 is 5.11 Å². The summed E-state index contributed by atoms with van der Waals surface area (Å²) in [7, 11) is 1.30. The highest BCUT2D eigenvalue weighted by Crippen LogP contribution is 2.10. The number of carboxylic acid groups (broad SMARTS) is 1. The number of aliphatic carboxylic acids is 1. The number of rotatable bonds is 5. The number of methoxy groups -OCH3 is 1. The Hall–Kier alpha value is -0.910. The molecular formula is C12H23NO4. The topological polar surface area (TPSA) is 58.6 Å². The maximum absolute atomic E-state index is 9.36. The van der Waals surface area contributed by atoms with Gasteiger partial charge in [0.05, 0.1) is 38.9 Å². The minimum absolute atomic E-state index is 0.319. The van der Waals surface area contributed by atoms with Gasteiger partial charge in [-0.05, 0) is 13.0 Å². The standard InChI is InChI=1S/C9H18NO.C3H6O3/c1-3-5-10(4-2)6-8-11-9-7-10;1-6-2-3(4)5/h3H,1,4-9H2,2H3;2H2,1H3,(H,4,5)/q+1;/p-1.